The smallest absolute Gasteiger partial charge is 0.210 e. The van der Waals surface area contributed by atoms with E-state index in [9.17, 15) is 4.79 Å². The second-order valence-electron chi connectivity index (χ2n) is 5.03. The summed E-state index contributed by atoms with van der Waals surface area (Å²) in [6.07, 6.45) is 9.74. The van der Waals surface area contributed by atoms with E-state index in [1.54, 1.807) is 6.20 Å². The molecule has 2 aromatic rings. The molecule has 0 fully saturated rings. The molecule has 2 aliphatic heterocycles. The van der Waals surface area contributed by atoms with Gasteiger partial charge in [-0.3, -0.25) is 9.78 Å². The molecule has 0 aromatic carbocycles. The molecule has 0 amide bonds. The van der Waals surface area contributed by atoms with Gasteiger partial charge in [0.1, 0.15) is 0 Å². The van der Waals surface area contributed by atoms with Crippen molar-refractivity contribution in [3.8, 4) is 0 Å². The quantitative estimate of drug-likeness (QED) is 0.658. The van der Waals surface area contributed by atoms with Gasteiger partial charge < -0.3 is 9.47 Å². The van der Waals surface area contributed by atoms with Crippen LogP contribution >= 0.6 is 0 Å². The van der Waals surface area contributed by atoms with Gasteiger partial charge >= 0.3 is 0 Å². The molecule has 19 heavy (non-hydrogen) atoms. The molecule has 0 saturated heterocycles. The van der Waals surface area contributed by atoms with Crippen molar-refractivity contribution in [2.24, 2.45) is 0 Å². The molecule has 0 aliphatic carbocycles. The van der Waals surface area contributed by atoms with Crippen LogP contribution in [0, 0.1) is 0 Å². The van der Waals surface area contributed by atoms with Gasteiger partial charge in [0, 0.05) is 36.8 Å². The van der Waals surface area contributed by atoms with E-state index in [4.69, 9.17) is 0 Å². The maximum Gasteiger partial charge on any atom is 0.210 e. The predicted molar refractivity (Wildman–Crippen MR) is 74.8 cm³/mol. The molecule has 0 radical (unpaired) electrons. The van der Waals surface area contributed by atoms with Crippen molar-refractivity contribution in [1.82, 2.24) is 14.5 Å². The Kier molecular flexibility index (Phi) is 1.98. The highest BCUT2D eigenvalue weighted by Crippen LogP contribution is 2.14. The summed E-state index contributed by atoms with van der Waals surface area (Å²) in [5.74, 6) is 0. The molecule has 0 atom stereocenters. The zero-order valence-electron chi connectivity index (χ0n) is 10.6. The molecule has 0 unspecified atom stereocenters. The second-order valence-corrected chi connectivity index (χ2v) is 5.03. The van der Waals surface area contributed by atoms with Crippen molar-refractivity contribution in [2.75, 3.05) is 7.05 Å². The van der Waals surface area contributed by atoms with Gasteiger partial charge in [-0.15, -0.1) is 0 Å². The Labute approximate surface area is 109 Å². The first-order chi connectivity index (χ1) is 9.25. The van der Waals surface area contributed by atoms with E-state index in [1.165, 1.54) is 0 Å². The fourth-order valence-corrected chi connectivity index (χ4v) is 2.94. The van der Waals surface area contributed by atoms with Crippen LogP contribution in [0.2, 0.25) is 0 Å². The first kappa shape index (κ1) is 10.6. The highest BCUT2D eigenvalue weighted by Gasteiger charge is 2.16. The largest absolute Gasteiger partial charge is 0.373 e. The summed E-state index contributed by atoms with van der Waals surface area (Å²) in [6.45, 7) is 1.49. The first-order valence-corrected chi connectivity index (χ1v) is 6.35. The Hall–Kier alpha value is -2.36. The molecule has 0 bridgehead atoms. The lowest BCUT2D eigenvalue weighted by Gasteiger charge is -2.23. The van der Waals surface area contributed by atoms with Gasteiger partial charge in [0.2, 0.25) is 5.43 Å². The summed E-state index contributed by atoms with van der Waals surface area (Å²) >= 11 is 0. The van der Waals surface area contributed by atoms with Gasteiger partial charge in [-0.2, -0.15) is 0 Å². The monoisotopic (exact) mass is 251 g/mol. The SMILES string of the molecule is CN1C=c2c3c(nccc3c(=O)c3n2CC=CC=3)C1. The van der Waals surface area contributed by atoms with Crippen LogP contribution in [0.1, 0.15) is 5.69 Å². The van der Waals surface area contributed by atoms with Crippen LogP contribution in [0.25, 0.3) is 23.0 Å². The van der Waals surface area contributed by atoms with E-state index in [-0.39, 0.29) is 5.43 Å². The summed E-state index contributed by atoms with van der Waals surface area (Å²) in [7, 11) is 2.03. The molecule has 2 aliphatic rings. The average molecular weight is 251 g/mol. The van der Waals surface area contributed by atoms with Crippen LogP contribution in [0.3, 0.4) is 0 Å². The minimum atomic E-state index is 0.102. The van der Waals surface area contributed by atoms with E-state index in [0.29, 0.717) is 0 Å². The number of aromatic nitrogens is 2. The molecule has 4 rings (SSSR count). The molecule has 94 valence electrons. The van der Waals surface area contributed by atoms with Gasteiger partial charge in [-0.25, -0.2) is 0 Å². The highest BCUT2D eigenvalue weighted by molar-refractivity contribution is 5.85. The minimum absolute atomic E-state index is 0.102. The van der Waals surface area contributed by atoms with Crippen molar-refractivity contribution >= 4 is 23.0 Å². The number of pyridine rings is 2. The second kappa shape index (κ2) is 3.57. The molecule has 0 spiro atoms. The molecule has 0 saturated carbocycles. The van der Waals surface area contributed by atoms with Crippen LogP contribution < -0.4 is 16.1 Å². The Morgan fingerprint density at radius 3 is 3.11 bits per heavy atom. The van der Waals surface area contributed by atoms with Crippen LogP contribution in [0.5, 0.6) is 0 Å². The topological polar surface area (TPSA) is 38.1 Å². The third-order valence-corrected chi connectivity index (χ3v) is 3.76. The minimum Gasteiger partial charge on any atom is -0.373 e. The number of rotatable bonds is 0. The summed E-state index contributed by atoms with van der Waals surface area (Å²) in [5, 5.41) is 3.64. The lowest BCUT2D eigenvalue weighted by atomic mass is 10.1. The fourth-order valence-electron chi connectivity index (χ4n) is 2.94. The molecular weight excluding hydrogens is 238 g/mol. The van der Waals surface area contributed by atoms with Crippen molar-refractivity contribution in [3.05, 3.63) is 51.0 Å². The predicted octanol–water partition coefficient (Wildman–Crippen LogP) is -0.0698. The lowest BCUT2D eigenvalue weighted by Crippen LogP contribution is -2.46. The highest BCUT2D eigenvalue weighted by atomic mass is 16.1. The number of allylic oxidation sites excluding steroid dienone is 2. The normalized spacial score (nSPS) is 15.9. The summed E-state index contributed by atoms with van der Waals surface area (Å²) in [6, 6.07) is 1.83. The average Bonchev–Trinajstić information content (AvgIpc) is 2.44. The van der Waals surface area contributed by atoms with E-state index in [0.717, 1.165) is 40.3 Å². The molecule has 4 heteroatoms. The van der Waals surface area contributed by atoms with Crippen LogP contribution in [-0.2, 0) is 13.1 Å². The van der Waals surface area contributed by atoms with E-state index in [1.807, 2.05) is 25.3 Å². The third-order valence-electron chi connectivity index (χ3n) is 3.76. The van der Waals surface area contributed by atoms with Gasteiger partial charge in [0.25, 0.3) is 0 Å². The van der Waals surface area contributed by atoms with Crippen LogP contribution in [0.15, 0.2) is 29.2 Å². The zero-order chi connectivity index (χ0) is 13.0. The van der Waals surface area contributed by atoms with Crippen molar-refractivity contribution in [3.63, 3.8) is 0 Å². The van der Waals surface area contributed by atoms with Gasteiger partial charge in [-0.05, 0) is 12.1 Å². The third kappa shape index (κ3) is 1.34. The van der Waals surface area contributed by atoms with Crippen molar-refractivity contribution in [1.29, 1.82) is 0 Å². The van der Waals surface area contributed by atoms with Crippen molar-refractivity contribution < 1.29 is 0 Å². The van der Waals surface area contributed by atoms with Crippen LogP contribution in [-0.4, -0.2) is 21.5 Å². The lowest BCUT2D eigenvalue weighted by molar-refractivity contribution is 0.476. The van der Waals surface area contributed by atoms with Gasteiger partial charge in [0.15, 0.2) is 0 Å². The maximum atomic E-state index is 12.6. The Balaban J connectivity index is 2.38. The standard InChI is InChI=1S/C15H13N3O/c1-17-8-11-14-10(5-6-16-11)15(19)12-4-2-3-7-18(12)13(14)9-17/h2-6,9H,7-8H2,1H3. The molecule has 4 heterocycles. The van der Waals surface area contributed by atoms with E-state index < -0.39 is 0 Å². The van der Waals surface area contributed by atoms with E-state index in [2.05, 4.69) is 26.7 Å². The number of hydrogen-bond donors (Lipinski definition) is 0. The first-order valence-electron chi connectivity index (χ1n) is 6.35. The van der Waals surface area contributed by atoms with Crippen LogP contribution in [0.4, 0.5) is 0 Å². The van der Waals surface area contributed by atoms with Gasteiger partial charge in [0.05, 0.1) is 22.9 Å². The summed E-state index contributed by atoms with van der Waals surface area (Å²) in [4.78, 5) is 19.1. The maximum absolute atomic E-state index is 12.6. The Morgan fingerprint density at radius 1 is 1.32 bits per heavy atom. The molecule has 2 aromatic heterocycles. The number of fused-ring (bicyclic) bond motifs is 2. The molecule has 4 nitrogen and oxygen atoms in total. The Morgan fingerprint density at radius 2 is 2.21 bits per heavy atom. The van der Waals surface area contributed by atoms with E-state index >= 15 is 0 Å². The molecule has 0 N–H and O–H groups in total. The zero-order valence-corrected chi connectivity index (χ0v) is 10.6. The molecular formula is C15H13N3O. The summed E-state index contributed by atoms with van der Waals surface area (Å²) in [5.41, 5.74) is 1.09. The van der Waals surface area contributed by atoms with Gasteiger partial charge in [-0.1, -0.05) is 12.2 Å². The summed E-state index contributed by atoms with van der Waals surface area (Å²) < 4.78 is 2.07. The van der Waals surface area contributed by atoms with Crippen molar-refractivity contribution in [2.45, 2.75) is 13.1 Å². The Bertz CT molecular complexity index is 906. The number of nitrogens with zero attached hydrogens (tertiary/aromatic N) is 3. The number of hydrogen-bond acceptors (Lipinski definition) is 3. The fraction of sp³-hybridized carbons (Fsp3) is 0.200.